The Labute approximate surface area is 98.6 Å². The number of aromatic carboxylic acids is 1. The molecular weight excluding hydrogens is 226 g/mol. The van der Waals surface area contributed by atoms with Gasteiger partial charge in [0.25, 0.3) is 5.91 Å². The van der Waals surface area contributed by atoms with Gasteiger partial charge in [-0.05, 0) is 0 Å². The third-order valence-electron chi connectivity index (χ3n) is 2.18. The zero-order chi connectivity index (χ0) is 12.8. The van der Waals surface area contributed by atoms with Gasteiger partial charge in [0.2, 0.25) is 0 Å². The lowest BCUT2D eigenvalue weighted by Gasteiger charge is -2.00. The summed E-state index contributed by atoms with van der Waals surface area (Å²) in [4.78, 5) is 22.4. The fourth-order valence-corrected chi connectivity index (χ4v) is 1.34. The number of methoxy groups -OCH3 is 1. The normalized spacial score (nSPS) is 10.2. The number of furan rings is 1. The number of hydrogen-bond donors (Lipinski definition) is 2. The Balaban J connectivity index is 2.77. The molecule has 2 N–H and O–H groups in total. The lowest BCUT2D eigenvalue weighted by atomic mass is 10.2. The molecule has 0 bridgehead atoms. The molecule has 94 valence electrons. The molecule has 0 saturated heterocycles. The summed E-state index contributed by atoms with van der Waals surface area (Å²) in [5.74, 6) is -1.23. The van der Waals surface area contributed by atoms with Gasteiger partial charge in [0.1, 0.15) is 11.3 Å². The van der Waals surface area contributed by atoms with E-state index in [1.807, 2.05) is 0 Å². The van der Waals surface area contributed by atoms with E-state index in [9.17, 15) is 9.59 Å². The number of carboxylic acids is 1. The zero-order valence-corrected chi connectivity index (χ0v) is 9.78. The minimum Gasteiger partial charge on any atom is -0.478 e. The number of ether oxygens (including phenoxy) is 1. The largest absolute Gasteiger partial charge is 0.478 e. The molecule has 6 heteroatoms. The van der Waals surface area contributed by atoms with E-state index in [-0.39, 0.29) is 11.3 Å². The predicted molar refractivity (Wildman–Crippen MR) is 59.3 cm³/mol. The molecule has 0 aliphatic heterocycles. The van der Waals surface area contributed by atoms with Crippen molar-refractivity contribution in [3.05, 3.63) is 23.2 Å². The molecule has 0 unspecified atom stereocenters. The van der Waals surface area contributed by atoms with E-state index >= 15 is 0 Å². The fraction of sp³-hybridized carbons (Fsp3) is 0.455. The fourth-order valence-electron chi connectivity index (χ4n) is 1.34. The summed E-state index contributed by atoms with van der Waals surface area (Å²) < 4.78 is 9.96. The maximum absolute atomic E-state index is 11.6. The van der Waals surface area contributed by atoms with Crippen LogP contribution in [0.1, 0.15) is 33.6 Å². The smallest absolute Gasteiger partial charge is 0.339 e. The van der Waals surface area contributed by atoms with E-state index in [4.69, 9.17) is 14.3 Å². The van der Waals surface area contributed by atoms with E-state index in [0.29, 0.717) is 25.3 Å². The molecule has 17 heavy (non-hydrogen) atoms. The van der Waals surface area contributed by atoms with Crippen molar-refractivity contribution in [2.75, 3.05) is 20.3 Å². The molecule has 1 aromatic heterocycles. The molecule has 1 amide bonds. The van der Waals surface area contributed by atoms with Crippen LogP contribution in [0.15, 0.2) is 10.5 Å². The van der Waals surface area contributed by atoms with Crippen LogP contribution < -0.4 is 5.32 Å². The highest BCUT2D eigenvalue weighted by Crippen LogP contribution is 2.16. The van der Waals surface area contributed by atoms with Gasteiger partial charge in [0.05, 0.1) is 6.61 Å². The van der Waals surface area contributed by atoms with Crippen molar-refractivity contribution in [1.82, 2.24) is 5.32 Å². The maximum atomic E-state index is 11.6. The van der Waals surface area contributed by atoms with Crippen molar-refractivity contribution in [1.29, 1.82) is 0 Å². The standard InChI is InChI=1S/C11H15NO5/c1-3-8-7(11(14)15)6-9(17-8)10(13)12-4-5-16-2/h6H,3-5H2,1-2H3,(H,12,13)(H,14,15). The number of hydrogen-bond acceptors (Lipinski definition) is 4. The molecular formula is C11H15NO5. The SMILES string of the molecule is CCc1oc(C(=O)NCCOC)cc1C(=O)O. The van der Waals surface area contributed by atoms with Crippen molar-refractivity contribution < 1.29 is 23.8 Å². The Hall–Kier alpha value is -1.82. The Kier molecular flexibility index (Phi) is 4.71. The number of carbonyl (C=O) groups is 2. The van der Waals surface area contributed by atoms with Crippen LogP contribution in [0.25, 0.3) is 0 Å². The minimum absolute atomic E-state index is 0.00959. The average Bonchev–Trinajstić information content (AvgIpc) is 2.73. The van der Waals surface area contributed by atoms with Crippen LogP contribution in [0.4, 0.5) is 0 Å². The first-order chi connectivity index (χ1) is 8.10. The minimum atomic E-state index is -1.10. The van der Waals surface area contributed by atoms with Crippen molar-refractivity contribution in [3.63, 3.8) is 0 Å². The van der Waals surface area contributed by atoms with Gasteiger partial charge in [-0.2, -0.15) is 0 Å². The Bertz CT molecular complexity index is 410. The number of carbonyl (C=O) groups excluding carboxylic acids is 1. The summed E-state index contributed by atoms with van der Waals surface area (Å²) in [6, 6.07) is 1.24. The summed E-state index contributed by atoms with van der Waals surface area (Å²) in [7, 11) is 1.52. The molecule has 0 radical (unpaired) electrons. The molecule has 0 aliphatic rings. The molecule has 1 heterocycles. The summed E-state index contributed by atoms with van der Waals surface area (Å²) in [5, 5.41) is 11.4. The topological polar surface area (TPSA) is 88.8 Å². The number of rotatable bonds is 6. The number of aryl methyl sites for hydroxylation is 1. The Morgan fingerprint density at radius 2 is 2.24 bits per heavy atom. The van der Waals surface area contributed by atoms with Gasteiger partial charge >= 0.3 is 5.97 Å². The molecule has 1 rings (SSSR count). The number of amides is 1. The monoisotopic (exact) mass is 241 g/mol. The van der Waals surface area contributed by atoms with Gasteiger partial charge in [0.15, 0.2) is 5.76 Å². The first-order valence-electron chi connectivity index (χ1n) is 5.23. The van der Waals surface area contributed by atoms with Gasteiger partial charge in [-0.1, -0.05) is 6.92 Å². The van der Waals surface area contributed by atoms with Crippen LogP contribution >= 0.6 is 0 Å². The second-order valence-electron chi connectivity index (χ2n) is 3.35. The number of nitrogens with one attached hydrogen (secondary N) is 1. The summed E-state index contributed by atoms with van der Waals surface area (Å²) in [6.07, 6.45) is 0.424. The van der Waals surface area contributed by atoms with Crippen molar-refractivity contribution in [2.24, 2.45) is 0 Å². The van der Waals surface area contributed by atoms with Gasteiger partial charge in [-0.15, -0.1) is 0 Å². The predicted octanol–water partition coefficient (Wildman–Crippen LogP) is 0.916. The highest BCUT2D eigenvalue weighted by atomic mass is 16.5. The van der Waals surface area contributed by atoms with Gasteiger partial charge < -0.3 is 19.6 Å². The first kappa shape index (κ1) is 13.2. The van der Waals surface area contributed by atoms with Gasteiger partial charge in [-0.3, -0.25) is 4.79 Å². The molecule has 0 aliphatic carbocycles. The maximum Gasteiger partial charge on any atom is 0.339 e. The third-order valence-corrected chi connectivity index (χ3v) is 2.18. The van der Waals surface area contributed by atoms with E-state index in [1.54, 1.807) is 6.92 Å². The summed E-state index contributed by atoms with van der Waals surface area (Å²) in [6.45, 7) is 2.50. The van der Waals surface area contributed by atoms with E-state index < -0.39 is 11.9 Å². The molecule has 0 aromatic carbocycles. The lowest BCUT2D eigenvalue weighted by Crippen LogP contribution is -2.26. The van der Waals surface area contributed by atoms with Crippen LogP contribution in [0.3, 0.4) is 0 Å². The second kappa shape index (κ2) is 6.05. The summed E-state index contributed by atoms with van der Waals surface area (Å²) >= 11 is 0. The molecule has 0 saturated carbocycles. The Morgan fingerprint density at radius 1 is 1.53 bits per heavy atom. The Morgan fingerprint density at radius 3 is 2.71 bits per heavy atom. The van der Waals surface area contributed by atoms with Gasteiger partial charge in [-0.25, -0.2) is 4.79 Å². The molecule has 1 aromatic rings. The van der Waals surface area contributed by atoms with E-state index in [1.165, 1.54) is 13.2 Å². The zero-order valence-electron chi connectivity index (χ0n) is 9.78. The van der Waals surface area contributed by atoms with E-state index in [0.717, 1.165) is 0 Å². The molecule has 0 fully saturated rings. The van der Waals surface area contributed by atoms with Crippen molar-refractivity contribution in [2.45, 2.75) is 13.3 Å². The van der Waals surface area contributed by atoms with Crippen LogP contribution in [0, 0.1) is 0 Å². The quantitative estimate of drug-likeness (QED) is 0.723. The first-order valence-corrected chi connectivity index (χ1v) is 5.23. The van der Waals surface area contributed by atoms with E-state index in [2.05, 4.69) is 5.32 Å². The molecule has 0 atom stereocenters. The number of carboxylic acid groups (broad SMARTS) is 1. The molecule has 0 spiro atoms. The van der Waals surface area contributed by atoms with Crippen LogP contribution in [0.5, 0.6) is 0 Å². The van der Waals surface area contributed by atoms with Gasteiger partial charge in [0, 0.05) is 26.1 Å². The lowest BCUT2D eigenvalue weighted by molar-refractivity contribution is 0.0694. The van der Waals surface area contributed by atoms with Crippen LogP contribution in [-0.4, -0.2) is 37.2 Å². The summed E-state index contributed by atoms with van der Waals surface area (Å²) in [5.41, 5.74) is 0.0318. The third kappa shape index (κ3) is 3.32. The van der Waals surface area contributed by atoms with Crippen LogP contribution in [-0.2, 0) is 11.2 Å². The second-order valence-corrected chi connectivity index (χ2v) is 3.35. The van der Waals surface area contributed by atoms with Crippen molar-refractivity contribution >= 4 is 11.9 Å². The molecule has 6 nitrogen and oxygen atoms in total. The highest BCUT2D eigenvalue weighted by Gasteiger charge is 2.19. The van der Waals surface area contributed by atoms with Crippen molar-refractivity contribution in [3.8, 4) is 0 Å². The average molecular weight is 241 g/mol. The van der Waals surface area contributed by atoms with Crippen LogP contribution in [0.2, 0.25) is 0 Å². The highest BCUT2D eigenvalue weighted by molar-refractivity contribution is 5.96.